The number of aliphatic carboxylic acids is 1. The summed E-state index contributed by atoms with van der Waals surface area (Å²) in [7, 11) is 2.95. The van der Waals surface area contributed by atoms with Crippen LogP contribution in [0.4, 0.5) is 0 Å². The van der Waals surface area contributed by atoms with Crippen LogP contribution in [0.3, 0.4) is 0 Å². The first-order valence-electron chi connectivity index (χ1n) is 24.9. The molecule has 0 fully saturated rings. The van der Waals surface area contributed by atoms with Gasteiger partial charge in [-0.15, -0.1) is 0 Å². The molecule has 0 spiro atoms. The highest BCUT2D eigenvalue weighted by Gasteiger charge is 2.18. The second-order valence-electron chi connectivity index (χ2n) is 5.82. The Balaban J connectivity index is 7.38. The number of nitrogens with one attached hydrogen (secondary N) is 1. The monoisotopic (exact) mass is 459 g/mol. The SMILES string of the molecule is [2H]/C(=C(\[2H])C([2H])([2H])C([2H])([2H])C([2H])([2H])C([2H])([2H])C([2H])([2H])C([2H])([2H])C([2H])([2H])C([2H])([2H])[2H])C([2H])([2H])C([2H])([2H])C([2H])([2H])C([2H])([2H])C([2H])([2H])C([2H])([2H])C([2H])([2H])C(=O)NCCC[N+](C)(C)CC(=O)O. The second kappa shape index (κ2) is 19.6. The molecule has 30 heavy (non-hydrogen) atoms. The lowest BCUT2D eigenvalue weighted by Crippen LogP contribution is -2.45. The molecule has 0 heterocycles. The van der Waals surface area contributed by atoms with Gasteiger partial charge < -0.3 is 14.9 Å². The van der Waals surface area contributed by atoms with Crippen LogP contribution >= 0.6 is 0 Å². The van der Waals surface area contributed by atoms with Crippen LogP contribution in [-0.2, 0) is 9.59 Å². The van der Waals surface area contributed by atoms with Crippen LogP contribution in [0.2, 0.25) is 0 Å². The van der Waals surface area contributed by atoms with Crippen molar-refractivity contribution in [3.8, 4) is 0 Å². The van der Waals surface area contributed by atoms with E-state index in [-0.39, 0.29) is 24.0 Å². The van der Waals surface area contributed by atoms with E-state index in [1.54, 1.807) is 0 Å². The van der Waals surface area contributed by atoms with Gasteiger partial charge in [-0.05, 0) is 31.9 Å². The van der Waals surface area contributed by atoms with Gasteiger partial charge in [-0.1, -0.05) is 69.9 Å². The summed E-state index contributed by atoms with van der Waals surface area (Å²) in [5.74, 6) is -3.16. The molecule has 176 valence electrons. The predicted molar refractivity (Wildman–Crippen MR) is 127 cm³/mol. The molecule has 0 unspecified atom stereocenters. The molecule has 0 aliphatic heterocycles. The third-order valence-corrected chi connectivity index (χ3v) is 2.84. The lowest BCUT2D eigenvalue weighted by Gasteiger charge is -2.27. The minimum atomic E-state index is -4.93. The molecule has 0 aliphatic rings. The van der Waals surface area contributed by atoms with Gasteiger partial charge in [0.2, 0.25) is 5.91 Å². The van der Waals surface area contributed by atoms with Crippen LogP contribution in [0.5, 0.6) is 0 Å². The molecule has 0 atom stereocenters. The van der Waals surface area contributed by atoms with Crippen molar-refractivity contribution in [2.45, 2.75) is 102 Å². The fraction of sp³-hybridized carbons (Fsp3) is 0.840. The summed E-state index contributed by atoms with van der Waals surface area (Å²) in [6, 6.07) is -5.12. The van der Waals surface area contributed by atoms with E-state index in [1.165, 1.54) is 14.1 Å². The van der Waals surface area contributed by atoms with Crippen molar-refractivity contribution < 1.29 is 64.4 Å². The molecule has 2 N–H and O–H groups in total. The molecule has 0 aromatic rings. The molecule has 0 aromatic carbocycles. The maximum Gasteiger partial charge on any atom is 0.359 e. The van der Waals surface area contributed by atoms with Crippen LogP contribution in [0, 0.1) is 0 Å². The van der Waals surface area contributed by atoms with Gasteiger partial charge in [-0.3, -0.25) is 4.79 Å². The van der Waals surface area contributed by atoms with Crippen molar-refractivity contribution in [2.75, 3.05) is 33.7 Å². The highest BCUT2D eigenvalue weighted by atomic mass is 16.4. The zero-order valence-corrected chi connectivity index (χ0v) is 16.5. The van der Waals surface area contributed by atoms with Crippen LogP contribution in [0.25, 0.3) is 0 Å². The first-order valence-corrected chi connectivity index (χ1v) is 8.37. The van der Waals surface area contributed by atoms with Crippen molar-refractivity contribution in [1.29, 1.82) is 0 Å². The normalized spacial score (nSPS) is 35.9. The molecule has 0 saturated carbocycles. The standard InChI is InChI=1S/C25H48N2O3/c1-4-5-6-7-8-9-10-11-12-13-14-15-16-17-18-20-24(28)26-21-19-22-27(2,3)23-25(29)30/h11-12H,4-10,13-23H2,1-3H3,(H-,26,28,29,30)/p+1/b12-11-/i1D3,4D2,5D2,6D2,7D2,8D2,9D2,10D2,11D,12D,13D2,14D2,15D2,16D2,17D2,18D2,20D2. The molecule has 5 heteroatoms. The maximum atomic E-state index is 12.9. The number of hydrogen-bond acceptors (Lipinski definition) is 2. The summed E-state index contributed by atoms with van der Waals surface area (Å²) in [6.07, 6.45) is -66.3. The van der Waals surface area contributed by atoms with Crippen LogP contribution in [-0.4, -0.2) is 55.2 Å². The van der Waals surface area contributed by atoms with Gasteiger partial charge in [0.1, 0.15) is 0 Å². The third-order valence-electron chi connectivity index (χ3n) is 2.84. The number of carbonyl (C=O) groups excluding carboxylic acids is 1. The Morgan fingerprint density at radius 1 is 0.967 bits per heavy atom. The molecule has 0 bridgehead atoms. The van der Waals surface area contributed by atoms with Crippen molar-refractivity contribution in [3.63, 3.8) is 0 Å². The Labute approximate surface area is 232 Å². The molecule has 0 radical (unpaired) electrons. The number of carboxylic acid groups (broad SMARTS) is 1. The number of allylic oxidation sites excluding steroid dienone is 2. The van der Waals surface area contributed by atoms with Crippen molar-refractivity contribution >= 4 is 11.9 Å². The minimum Gasteiger partial charge on any atom is -0.477 e. The van der Waals surface area contributed by atoms with Gasteiger partial charge in [-0.25, -0.2) is 4.79 Å². The minimum absolute atomic E-state index is 0.0360. The first kappa shape index (κ1) is 5.95. The molecule has 0 saturated heterocycles. The van der Waals surface area contributed by atoms with E-state index in [9.17, 15) is 9.59 Å². The maximum absolute atomic E-state index is 12.9. The Kier molecular flexibility index (Phi) is 3.89. The van der Waals surface area contributed by atoms with Crippen molar-refractivity contribution in [1.82, 2.24) is 5.32 Å². The topological polar surface area (TPSA) is 66.4 Å². The van der Waals surface area contributed by atoms with E-state index < -0.39 is 127 Å². The Morgan fingerprint density at radius 3 is 2.13 bits per heavy atom. The van der Waals surface area contributed by atoms with Gasteiger partial charge in [0.05, 0.1) is 23.4 Å². The number of likely N-dealkylation sites (N-methyl/N-ethyl adjacent to an activating group) is 1. The lowest BCUT2D eigenvalue weighted by molar-refractivity contribution is -0.883. The van der Waals surface area contributed by atoms with Crippen LogP contribution < -0.4 is 5.32 Å². The van der Waals surface area contributed by atoms with Crippen molar-refractivity contribution in [2.24, 2.45) is 0 Å². The number of nitrogens with zero attached hydrogens (tertiary/aromatic N) is 1. The molecule has 0 aliphatic carbocycles. The average molecular weight is 459 g/mol. The Morgan fingerprint density at radius 2 is 1.53 bits per heavy atom. The average Bonchev–Trinajstić information content (AvgIpc) is 3.06. The lowest BCUT2D eigenvalue weighted by atomic mass is 10.1. The second-order valence-corrected chi connectivity index (χ2v) is 5.82. The molecule has 1 amide bonds. The summed E-state index contributed by atoms with van der Waals surface area (Å²) in [4.78, 5) is 23.9. The predicted octanol–water partition coefficient (Wildman–Crippen LogP) is 5.69. The largest absolute Gasteiger partial charge is 0.477 e. The Hall–Kier alpha value is -1.36. The van der Waals surface area contributed by atoms with Gasteiger partial charge in [0, 0.05) is 61.8 Å². The van der Waals surface area contributed by atoms with Crippen LogP contribution in [0.15, 0.2) is 12.1 Å². The number of rotatable bonds is 21. The fourth-order valence-electron chi connectivity index (χ4n) is 1.69. The number of quaternary nitrogens is 1. The zero-order valence-electron chi connectivity index (χ0n) is 49.5. The fourth-order valence-corrected chi connectivity index (χ4v) is 1.69. The van der Waals surface area contributed by atoms with Gasteiger partial charge >= 0.3 is 5.97 Å². The molecule has 0 aromatic heterocycles. The molecule has 5 nitrogen and oxygen atoms in total. The van der Waals surface area contributed by atoms with E-state index in [0.717, 1.165) is 0 Å². The van der Waals surface area contributed by atoms with E-state index >= 15 is 0 Å². The summed E-state index contributed by atoms with van der Waals surface area (Å²) >= 11 is 0. The van der Waals surface area contributed by atoms with Crippen molar-refractivity contribution in [3.05, 3.63) is 12.1 Å². The highest BCUT2D eigenvalue weighted by molar-refractivity contribution is 5.75. The summed E-state index contributed by atoms with van der Waals surface area (Å²) < 4.78 is 266. The van der Waals surface area contributed by atoms with E-state index in [2.05, 4.69) is 0 Å². The number of hydrogen-bond donors (Lipinski definition) is 2. The van der Waals surface area contributed by atoms with E-state index in [0.29, 0.717) is 0 Å². The summed E-state index contributed by atoms with van der Waals surface area (Å²) in [5, 5.41) is 10.9. The van der Waals surface area contributed by atoms with Gasteiger partial charge in [-0.2, -0.15) is 0 Å². The molecule has 0 rings (SSSR count). The molecular formula is C25H49N2O3+. The first-order chi connectivity index (χ1) is 26.9. The van der Waals surface area contributed by atoms with Gasteiger partial charge in [0.15, 0.2) is 6.54 Å². The third kappa shape index (κ3) is 21.4. The summed E-state index contributed by atoms with van der Waals surface area (Å²) in [6.45, 7) is -4.95. The van der Waals surface area contributed by atoms with Gasteiger partial charge in [0.25, 0.3) is 0 Å². The van der Waals surface area contributed by atoms with Crippen LogP contribution in [0.1, 0.15) is 148 Å². The van der Waals surface area contributed by atoms with E-state index in [1.807, 2.05) is 5.32 Å². The zero-order chi connectivity index (χ0) is 51.8. The highest BCUT2D eigenvalue weighted by Crippen LogP contribution is 2.10. The number of amides is 1. The Bertz CT molecular complexity index is 1730. The smallest absolute Gasteiger partial charge is 0.359 e. The summed E-state index contributed by atoms with van der Waals surface area (Å²) in [5.41, 5.74) is 0. The quantitative estimate of drug-likeness (QED) is 0.132. The number of carboxylic acids is 1. The van der Waals surface area contributed by atoms with E-state index in [4.69, 9.17) is 50.3 Å². The number of carbonyl (C=O) groups is 2. The molecular weight excluding hydrogens is 376 g/mol.